The number of aromatic nitrogens is 4. The molecule has 0 spiro atoms. The number of alkyl halides is 3. The fraction of sp³-hybridized carbons (Fsp3) is 0.353. The molecule has 2 amide bonds. The topological polar surface area (TPSA) is 114 Å². The number of hydrogen-bond donors (Lipinski definition) is 2. The molecule has 0 fully saturated rings. The van der Waals surface area contributed by atoms with Crippen molar-refractivity contribution in [2.24, 2.45) is 0 Å². The molecule has 3 aromatic rings. The molecule has 0 unspecified atom stereocenters. The van der Waals surface area contributed by atoms with Crippen LogP contribution in [0.15, 0.2) is 29.2 Å². The van der Waals surface area contributed by atoms with Gasteiger partial charge in [-0.25, -0.2) is 9.50 Å². The third-order valence-electron chi connectivity index (χ3n) is 3.98. The molecule has 3 aromatic heterocycles. The van der Waals surface area contributed by atoms with Gasteiger partial charge in [-0.15, -0.1) is 0 Å². The quantitative estimate of drug-likeness (QED) is 0.615. The van der Waals surface area contributed by atoms with Crippen molar-refractivity contribution in [2.75, 3.05) is 0 Å². The van der Waals surface area contributed by atoms with E-state index in [9.17, 15) is 22.8 Å². The second-order valence-corrected chi connectivity index (χ2v) is 6.27. The average Bonchev–Trinajstić information content (AvgIpc) is 3.27. The van der Waals surface area contributed by atoms with Crippen molar-refractivity contribution >= 4 is 17.5 Å². The highest BCUT2D eigenvalue weighted by atomic mass is 19.4. The highest BCUT2D eigenvalue weighted by Gasteiger charge is 2.27. The molecule has 0 saturated carbocycles. The van der Waals surface area contributed by atoms with E-state index in [0.717, 1.165) is 0 Å². The molecule has 2 N–H and O–H groups in total. The Morgan fingerprint density at radius 3 is 2.69 bits per heavy atom. The largest absolute Gasteiger partial charge is 0.389 e. The highest BCUT2D eigenvalue weighted by molar-refractivity contribution is 5.94. The fourth-order valence-corrected chi connectivity index (χ4v) is 2.47. The van der Waals surface area contributed by atoms with Crippen LogP contribution in [0.25, 0.3) is 5.65 Å². The third-order valence-corrected chi connectivity index (χ3v) is 3.98. The van der Waals surface area contributed by atoms with Crippen molar-refractivity contribution in [1.82, 2.24) is 30.4 Å². The minimum absolute atomic E-state index is 0.0336. The minimum atomic E-state index is -4.37. The predicted molar refractivity (Wildman–Crippen MR) is 92.5 cm³/mol. The number of rotatable bonds is 7. The summed E-state index contributed by atoms with van der Waals surface area (Å²) in [5.41, 5.74) is 1.93. The smallest absolute Gasteiger partial charge is 0.361 e. The Bertz CT molecular complexity index is 1030. The van der Waals surface area contributed by atoms with E-state index in [2.05, 4.69) is 25.9 Å². The Morgan fingerprint density at radius 2 is 2.00 bits per heavy atom. The Kier molecular flexibility index (Phi) is 5.80. The van der Waals surface area contributed by atoms with Gasteiger partial charge in [-0.05, 0) is 18.6 Å². The Balaban J connectivity index is 1.56. The maximum absolute atomic E-state index is 12.1. The zero-order valence-corrected chi connectivity index (χ0v) is 15.3. The lowest BCUT2D eigenvalue weighted by Gasteiger charge is -2.07. The van der Waals surface area contributed by atoms with E-state index < -0.39 is 24.9 Å². The standard InChI is InChI=1S/C17H17F3N6O3/c1-10-13(8-24-29-10)16(28)22-7-12-9-26-14(25-12)4-11(6-23-26)5-21-15(27)2-3-17(18,19)20/h4,6,8-9H,2-3,5,7H2,1H3,(H,21,27)(H,22,28). The van der Waals surface area contributed by atoms with Gasteiger partial charge in [-0.3, -0.25) is 9.59 Å². The monoisotopic (exact) mass is 410 g/mol. The van der Waals surface area contributed by atoms with Crippen molar-refractivity contribution in [3.8, 4) is 0 Å². The molecule has 0 radical (unpaired) electrons. The van der Waals surface area contributed by atoms with Crippen LogP contribution in [0.1, 0.15) is 40.2 Å². The maximum atomic E-state index is 12.1. The summed E-state index contributed by atoms with van der Waals surface area (Å²) in [6.45, 7) is 1.81. The molecule has 3 heterocycles. The summed E-state index contributed by atoms with van der Waals surface area (Å²) in [5, 5.41) is 12.8. The summed E-state index contributed by atoms with van der Waals surface area (Å²) in [7, 11) is 0. The lowest BCUT2D eigenvalue weighted by atomic mass is 10.2. The molecule has 3 rings (SSSR count). The molecule has 0 bridgehead atoms. The van der Waals surface area contributed by atoms with Crippen molar-refractivity contribution in [3.63, 3.8) is 0 Å². The van der Waals surface area contributed by atoms with E-state index in [0.29, 0.717) is 28.2 Å². The minimum Gasteiger partial charge on any atom is -0.361 e. The summed E-state index contributed by atoms with van der Waals surface area (Å²) in [4.78, 5) is 27.9. The molecule has 29 heavy (non-hydrogen) atoms. The van der Waals surface area contributed by atoms with E-state index >= 15 is 0 Å². The Hall–Kier alpha value is -3.44. The lowest BCUT2D eigenvalue weighted by Crippen LogP contribution is -2.24. The van der Waals surface area contributed by atoms with Crippen LogP contribution >= 0.6 is 0 Å². The van der Waals surface area contributed by atoms with Crippen LogP contribution < -0.4 is 10.6 Å². The van der Waals surface area contributed by atoms with Crippen LogP contribution in [0.5, 0.6) is 0 Å². The number of fused-ring (bicyclic) bond motifs is 1. The van der Waals surface area contributed by atoms with E-state index in [1.807, 2.05) is 0 Å². The number of carbonyl (C=O) groups is 2. The number of nitrogens with one attached hydrogen (secondary N) is 2. The second kappa shape index (κ2) is 8.29. The zero-order chi connectivity index (χ0) is 21.0. The van der Waals surface area contributed by atoms with Crippen LogP contribution in [0, 0.1) is 6.92 Å². The number of carbonyl (C=O) groups excluding carboxylic acids is 2. The molecular weight excluding hydrogens is 393 g/mol. The Morgan fingerprint density at radius 1 is 1.21 bits per heavy atom. The van der Waals surface area contributed by atoms with Crippen LogP contribution in [0.4, 0.5) is 13.2 Å². The van der Waals surface area contributed by atoms with Gasteiger partial charge in [0.1, 0.15) is 11.3 Å². The van der Waals surface area contributed by atoms with Crippen LogP contribution in [0.3, 0.4) is 0 Å². The lowest BCUT2D eigenvalue weighted by molar-refractivity contribution is -0.144. The number of nitrogens with zero attached hydrogens (tertiary/aromatic N) is 4. The number of aryl methyl sites for hydroxylation is 1. The van der Waals surface area contributed by atoms with E-state index in [4.69, 9.17) is 4.52 Å². The van der Waals surface area contributed by atoms with Crippen molar-refractivity contribution < 1.29 is 27.3 Å². The summed E-state index contributed by atoms with van der Waals surface area (Å²) in [5.74, 6) is -0.643. The van der Waals surface area contributed by atoms with Gasteiger partial charge in [0, 0.05) is 13.0 Å². The van der Waals surface area contributed by atoms with Gasteiger partial charge in [-0.2, -0.15) is 18.3 Å². The molecule has 0 aliphatic carbocycles. The first-order valence-corrected chi connectivity index (χ1v) is 8.57. The number of halogens is 3. The third kappa shape index (κ3) is 5.53. The SMILES string of the molecule is Cc1oncc1C(=O)NCc1cn2ncc(CNC(=O)CCC(F)(F)F)cc2n1. The molecular formula is C17H17F3N6O3. The number of hydrogen-bond acceptors (Lipinski definition) is 6. The summed E-state index contributed by atoms with van der Waals surface area (Å²) < 4.78 is 42.7. The van der Waals surface area contributed by atoms with E-state index in [1.165, 1.54) is 16.9 Å². The summed E-state index contributed by atoms with van der Waals surface area (Å²) in [6.07, 6.45) is -1.74. The second-order valence-electron chi connectivity index (χ2n) is 6.27. The predicted octanol–water partition coefficient (Wildman–Crippen LogP) is 1.91. The zero-order valence-electron chi connectivity index (χ0n) is 15.3. The molecule has 0 saturated heterocycles. The molecule has 12 heteroatoms. The van der Waals surface area contributed by atoms with Crippen molar-refractivity contribution in [3.05, 3.63) is 47.2 Å². The molecule has 0 aromatic carbocycles. The van der Waals surface area contributed by atoms with Crippen LogP contribution in [-0.2, 0) is 17.9 Å². The molecule has 9 nitrogen and oxygen atoms in total. The van der Waals surface area contributed by atoms with Gasteiger partial charge in [0.25, 0.3) is 5.91 Å². The number of imidazole rings is 1. The van der Waals surface area contributed by atoms with Gasteiger partial charge in [-0.1, -0.05) is 5.16 Å². The van der Waals surface area contributed by atoms with Crippen molar-refractivity contribution in [1.29, 1.82) is 0 Å². The normalized spacial score (nSPS) is 11.6. The van der Waals surface area contributed by atoms with Gasteiger partial charge in [0.2, 0.25) is 5.91 Å². The van der Waals surface area contributed by atoms with Gasteiger partial charge in [0.15, 0.2) is 5.65 Å². The van der Waals surface area contributed by atoms with Crippen molar-refractivity contribution in [2.45, 2.75) is 39.0 Å². The summed E-state index contributed by atoms with van der Waals surface area (Å²) in [6, 6.07) is 1.65. The first-order chi connectivity index (χ1) is 13.7. The first-order valence-electron chi connectivity index (χ1n) is 8.57. The number of amides is 2. The van der Waals surface area contributed by atoms with E-state index in [-0.39, 0.29) is 19.0 Å². The molecule has 0 aliphatic heterocycles. The van der Waals surface area contributed by atoms with Gasteiger partial charge < -0.3 is 15.2 Å². The van der Waals surface area contributed by atoms with E-state index in [1.54, 1.807) is 19.2 Å². The van der Waals surface area contributed by atoms with Gasteiger partial charge >= 0.3 is 6.18 Å². The summed E-state index contributed by atoms with van der Waals surface area (Å²) >= 11 is 0. The van der Waals surface area contributed by atoms with Crippen LogP contribution in [0.2, 0.25) is 0 Å². The molecule has 0 atom stereocenters. The highest BCUT2D eigenvalue weighted by Crippen LogP contribution is 2.21. The molecule has 0 aliphatic rings. The first kappa shape index (κ1) is 20.3. The fourth-order valence-electron chi connectivity index (χ4n) is 2.47. The van der Waals surface area contributed by atoms with Gasteiger partial charge in [0.05, 0.1) is 37.3 Å². The van der Waals surface area contributed by atoms with Crippen LogP contribution in [-0.4, -0.2) is 37.7 Å². The Labute approximate surface area is 162 Å². The molecule has 154 valence electrons. The average molecular weight is 410 g/mol. The maximum Gasteiger partial charge on any atom is 0.389 e.